The number of rotatable bonds is 7. The molecule has 0 aliphatic rings. The van der Waals surface area contributed by atoms with E-state index in [2.05, 4.69) is 69.0 Å². The number of hydrogen-bond acceptors (Lipinski definition) is 1. The van der Waals surface area contributed by atoms with Gasteiger partial charge in [0, 0.05) is 28.2 Å². The molecule has 3 aromatic rings. The van der Waals surface area contributed by atoms with Crippen LogP contribution < -0.4 is 4.74 Å². The summed E-state index contributed by atoms with van der Waals surface area (Å²) in [5.74, 6) is 1.12. The average Bonchev–Trinajstić information content (AvgIpc) is 3.24. The topological polar surface area (TPSA) is 40.8 Å². The van der Waals surface area contributed by atoms with Gasteiger partial charge in [-0.15, -0.1) is 0 Å². The molecule has 0 atom stereocenters. The molecule has 2 N–H and O–H groups in total. The molecule has 0 aliphatic heterocycles. The second-order valence-electron chi connectivity index (χ2n) is 5.14. The molecule has 114 valence electrons. The zero-order chi connectivity index (χ0) is 15.2. The quantitative estimate of drug-likeness (QED) is 0.333. The van der Waals surface area contributed by atoms with Crippen LogP contribution in [0.25, 0.3) is 0 Å². The van der Waals surface area contributed by atoms with Gasteiger partial charge < -0.3 is 14.7 Å². The molecule has 0 amide bonds. The summed E-state index contributed by atoms with van der Waals surface area (Å²) in [6.07, 6.45) is 5.01. The van der Waals surface area contributed by atoms with Crippen LogP contribution in [0.4, 0.5) is 0 Å². The standard InChI is InChI=1S/C18H19IN2O/c19-10-3-13-22-15-8-6-14(7-9-15)18(16-4-1-11-20-16)17-5-2-12-21-17/h1-2,4-9,11-12,18,20-21H,3,10,13H2. The van der Waals surface area contributed by atoms with Crippen molar-refractivity contribution in [1.82, 2.24) is 9.97 Å². The monoisotopic (exact) mass is 406 g/mol. The maximum atomic E-state index is 5.74. The van der Waals surface area contributed by atoms with Crippen molar-refractivity contribution >= 4 is 22.6 Å². The predicted molar refractivity (Wildman–Crippen MR) is 98.0 cm³/mol. The molecular weight excluding hydrogens is 387 g/mol. The van der Waals surface area contributed by atoms with E-state index in [-0.39, 0.29) is 5.92 Å². The number of benzene rings is 1. The fourth-order valence-electron chi connectivity index (χ4n) is 2.58. The van der Waals surface area contributed by atoms with Gasteiger partial charge >= 0.3 is 0 Å². The number of hydrogen-bond donors (Lipinski definition) is 2. The molecule has 0 spiro atoms. The van der Waals surface area contributed by atoms with Gasteiger partial charge in [-0.3, -0.25) is 0 Å². The lowest BCUT2D eigenvalue weighted by Gasteiger charge is -2.16. The van der Waals surface area contributed by atoms with Crippen molar-refractivity contribution < 1.29 is 4.74 Å². The Labute approximate surface area is 144 Å². The van der Waals surface area contributed by atoms with Crippen molar-refractivity contribution in [2.45, 2.75) is 12.3 Å². The summed E-state index contributed by atoms with van der Waals surface area (Å²) in [7, 11) is 0. The molecule has 0 saturated heterocycles. The Balaban J connectivity index is 1.83. The zero-order valence-electron chi connectivity index (χ0n) is 12.3. The largest absolute Gasteiger partial charge is 0.494 e. The van der Waals surface area contributed by atoms with E-state index in [0.717, 1.165) is 23.2 Å². The Bertz CT molecular complexity index is 625. The fourth-order valence-corrected chi connectivity index (χ4v) is 2.89. The van der Waals surface area contributed by atoms with Gasteiger partial charge in [0.2, 0.25) is 0 Å². The third kappa shape index (κ3) is 3.55. The molecule has 0 radical (unpaired) electrons. The number of halogens is 1. The molecule has 2 heterocycles. The molecule has 2 aromatic heterocycles. The summed E-state index contributed by atoms with van der Waals surface area (Å²) in [6.45, 7) is 0.777. The van der Waals surface area contributed by atoms with Crippen LogP contribution in [-0.4, -0.2) is 21.0 Å². The molecule has 0 aliphatic carbocycles. The van der Waals surface area contributed by atoms with Crippen LogP contribution in [-0.2, 0) is 0 Å². The molecular formula is C18H19IN2O. The van der Waals surface area contributed by atoms with Gasteiger partial charge in [-0.1, -0.05) is 34.7 Å². The first kappa shape index (κ1) is 15.2. The predicted octanol–water partition coefficient (Wildman–Crippen LogP) is 4.73. The van der Waals surface area contributed by atoms with Crippen LogP contribution >= 0.6 is 22.6 Å². The summed E-state index contributed by atoms with van der Waals surface area (Å²) >= 11 is 2.37. The van der Waals surface area contributed by atoms with Gasteiger partial charge in [0.05, 0.1) is 12.5 Å². The van der Waals surface area contributed by atoms with Gasteiger partial charge in [-0.25, -0.2) is 0 Å². The van der Waals surface area contributed by atoms with Crippen LogP contribution in [0.15, 0.2) is 60.9 Å². The lowest BCUT2D eigenvalue weighted by molar-refractivity contribution is 0.319. The maximum absolute atomic E-state index is 5.74. The number of aromatic nitrogens is 2. The molecule has 4 heteroatoms. The SMILES string of the molecule is ICCCOc1ccc(C(c2ccc[nH]2)c2ccc[nH]2)cc1. The van der Waals surface area contributed by atoms with Gasteiger partial charge in [-0.05, 0) is 48.4 Å². The van der Waals surface area contributed by atoms with Crippen molar-refractivity contribution in [2.24, 2.45) is 0 Å². The Kier molecular flexibility index (Phi) is 5.21. The second kappa shape index (κ2) is 7.54. The zero-order valence-corrected chi connectivity index (χ0v) is 14.4. The van der Waals surface area contributed by atoms with E-state index in [0.29, 0.717) is 0 Å². The van der Waals surface area contributed by atoms with E-state index in [9.17, 15) is 0 Å². The first-order chi connectivity index (χ1) is 10.9. The highest BCUT2D eigenvalue weighted by molar-refractivity contribution is 14.1. The summed E-state index contributed by atoms with van der Waals surface area (Å²) < 4.78 is 6.86. The molecule has 0 saturated carbocycles. The summed E-state index contributed by atoms with van der Waals surface area (Å²) in [5, 5.41) is 0. The molecule has 3 rings (SSSR count). The van der Waals surface area contributed by atoms with E-state index in [1.54, 1.807) is 0 Å². The van der Waals surface area contributed by atoms with Crippen LogP contribution in [0.5, 0.6) is 5.75 Å². The number of nitrogens with one attached hydrogen (secondary N) is 2. The van der Waals surface area contributed by atoms with Crippen LogP contribution in [0.3, 0.4) is 0 Å². The van der Waals surface area contributed by atoms with Crippen LogP contribution in [0.2, 0.25) is 0 Å². The first-order valence-electron chi connectivity index (χ1n) is 7.44. The Hall–Kier alpha value is -1.69. The Morgan fingerprint density at radius 1 is 0.909 bits per heavy atom. The normalized spacial score (nSPS) is 11.0. The molecule has 0 bridgehead atoms. The van der Waals surface area contributed by atoms with Crippen LogP contribution in [0.1, 0.15) is 29.3 Å². The van der Waals surface area contributed by atoms with Crippen molar-refractivity contribution in [2.75, 3.05) is 11.0 Å². The minimum Gasteiger partial charge on any atom is -0.494 e. The Morgan fingerprint density at radius 2 is 1.55 bits per heavy atom. The van der Waals surface area contributed by atoms with E-state index in [1.807, 2.05) is 24.5 Å². The molecule has 0 fully saturated rings. The molecule has 3 nitrogen and oxygen atoms in total. The molecule has 22 heavy (non-hydrogen) atoms. The number of alkyl halides is 1. The average molecular weight is 406 g/mol. The highest BCUT2D eigenvalue weighted by Gasteiger charge is 2.18. The van der Waals surface area contributed by atoms with Crippen molar-refractivity contribution in [3.63, 3.8) is 0 Å². The lowest BCUT2D eigenvalue weighted by Crippen LogP contribution is -2.04. The van der Waals surface area contributed by atoms with E-state index < -0.39 is 0 Å². The minimum absolute atomic E-state index is 0.188. The second-order valence-corrected chi connectivity index (χ2v) is 6.22. The van der Waals surface area contributed by atoms with Gasteiger partial charge in [0.15, 0.2) is 0 Å². The Morgan fingerprint density at radius 3 is 2.05 bits per heavy atom. The van der Waals surface area contributed by atoms with E-state index >= 15 is 0 Å². The van der Waals surface area contributed by atoms with E-state index in [4.69, 9.17) is 4.74 Å². The van der Waals surface area contributed by atoms with Gasteiger partial charge in [-0.2, -0.15) is 0 Å². The highest BCUT2D eigenvalue weighted by atomic mass is 127. The minimum atomic E-state index is 0.188. The number of ether oxygens (including phenoxy) is 1. The molecule has 0 unspecified atom stereocenters. The third-order valence-corrected chi connectivity index (χ3v) is 4.39. The number of aromatic amines is 2. The molecule has 1 aromatic carbocycles. The van der Waals surface area contributed by atoms with Crippen LogP contribution in [0, 0.1) is 0 Å². The lowest BCUT2D eigenvalue weighted by atomic mass is 9.92. The summed E-state index contributed by atoms with van der Waals surface area (Å²) in [5.41, 5.74) is 3.60. The van der Waals surface area contributed by atoms with Crippen molar-refractivity contribution in [3.8, 4) is 5.75 Å². The summed E-state index contributed by atoms with van der Waals surface area (Å²) in [6, 6.07) is 16.7. The maximum Gasteiger partial charge on any atom is 0.119 e. The van der Waals surface area contributed by atoms with Crippen molar-refractivity contribution in [1.29, 1.82) is 0 Å². The van der Waals surface area contributed by atoms with E-state index in [1.165, 1.54) is 17.0 Å². The van der Waals surface area contributed by atoms with Gasteiger partial charge in [0.25, 0.3) is 0 Å². The smallest absolute Gasteiger partial charge is 0.119 e. The highest BCUT2D eigenvalue weighted by Crippen LogP contribution is 2.30. The summed E-state index contributed by atoms with van der Waals surface area (Å²) in [4.78, 5) is 6.66. The van der Waals surface area contributed by atoms with Crippen molar-refractivity contribution in [3.05, 3.63) is 77.9 Å². The number of H-pyrrole nitrogens is 2. The van der Waals surface area contributed by atoms with Gasteiger partial charge in [0.1, 0.15) is 5.75 Å². The third-order valence-electron chi connectivity index (χ3n) is 3.63. The fraction of sp³-hybridized carbons (Fsp3) is 0.222. The first-order valence-corrected chi connectivity index (χ1v) is 8.96.